The van der Waals surface area contributed by atoms with Crippen molar-refractivity contribution in [1.82, 2.24) is 10.2 Å². The number of anilines is 1. The molecule has 0 spiro atoms. The molecule has 1 aliphatic heterocycles. The van der Waals surface area contributed by atoms with E-state index in [0.717, 1.165) is 32.6 Å². The van der Waals surface area contributed by atoms with Gasteiger partial charge in [0.25, 0.3) is 0 Å². The van der Waals surface area contributed by atoms with E-state index in [9.17, 15) is 4.79 Å². The van der Waals surface area contributed by atoms with Gasteiger partial charge in [0.1, 0.15) is 0 Å². The number of hydrogen-bond acceptors (Lipinski definition) is 3. The second kappa shape index (κ2) is 8.02. The minimum absolute atomic E-state index is 0.207. The third-order valence-corrected chi connectivity index (χ3v) is 5.65. The Hall–Kier alpha value is -1.55. The van der Waals surface area contributed by atoms with Gasteiger partial charge in [-0.1, -0.05) is 38.0 Å². The summed E-state index contributed by atoms with van der Waals surface area (Å²) in [6, 6.07) is 8.95. The molecule has 0 bridgehead atoms. The predicted molar refractivity (Wildman–Crippen MR) is 99.4 cm³/mol. The van der Waals surface area contributed by atoms with Crippen molar-refractivity contribution in [2.45, 2.75) is 45.6 Å². The van der Waals surface area contributed by atoms with Crippen LogP contribution in [0, 0.1) is 12.8 Å². The maximum absolute atomic E-state index is 12.4. The van der Waals surface area contributed by atoms with E-state index in [-0.39, 0.29) is 5.91 Å². The molecule has 1 saturated heterocycles. The molecule has 4 heteroatoms. The van der Waals surface area contributed by atoms with Crippen molar-refractivity contribution in [2.24, 2.45) is 5.92 Å². The van der Waals surface area contributed by atoms with Crippen molar-refractivity contribution < 1.29 is 4.79 Å². The van der Waals surface area contributed by atoms with E-state index in [4.69, 9.17) is 0 Å². The number of hydrogen-bond donors (Lipinski definition) is 1. The summed E-state index contributed by atoms with van der Waals surface area (Å²) in [7, 11) is 0. The maximum Gasteiger partial charge on any atom is 0.234 e. The van der Waals surface area contributed by atoms with Gasteiger partial charge in [-0.15, -0.1) is 0 Å². The lowest BCUT2D eigenvalue weighted by Crippen LogP contribution is -2.51. The Morgan fingerprint density at radius 3 is 2.54 bits per heavy atom. The molecular formula is C20H31N3O. The Kier molecular flexibility index (Phi) is 5.77. The largest absolute Gasteiger partial charge is 0.369 e. The van der Waals surface area contributed by atoms with Crippen LogP contribution in [0.3, 0.4) is 0 Å². The van der Waals surface area contributed by atoms with Gasteiger partial charge < -0.3 is 10.2 Å². The summed E-state index contributed by atoms with van der Waals surface area (Å²) >= 11 is 0. The predicted octanol–water partition coefficient (Wildman–Crippen LogP) is 2.81. The average Bonchev–Trinajstić information content (AvgIpc) is 2.58. The number of carbonyl (C=O) groups excluding carboxylic acids is 1. The smallest absolute Gasteiger partial charge is 0.234 e. The summed E-state index contributed by atoms with van der Waals surface area (Å²) in [5.74, 6) is 0.832. The Bertz CT molecular complexity index is 552. The van der Waals surface area contributed by atoms with Crippen LogP contribution in [0.2, 0.25) is 0 Å². The van der Waals surface area contributed by atoms with Gasteiger partial charge in [0.15, 0.2) is 0 Å². The molecule has 2 atom stereocenters. The summed E-state index contributed by atoms with van der Waals surface area (Å²) in [5.41, 5.74) is 2.66. The van der Waals surface area contributed by atoms with Gasteiger partial charge in [-0.2, -0.15) is 0 Å². The number of nitrogens with zero attached hydrogens (tertiary/aromatic N) is 2. The van der Waals surface area contributed by atoms with Crippen molar-refractivity contribution in [3.05, 3.63) is 29.8 Å². The zero-order valence-electron chi connectivity index (χ0n) is 15.1. The monoisotopic (exact) mass is 329 g/mol. The Morgan fingerprint density at radius 2 is 1.83 bits per heavy atom. The van der Waals surface area contributed by atoms with Crippen LogP contribution in [-0.4, -0.2) is 49.6 Å². The normalized spacial score (nSPS) is 25.5. The molecule has 2 fully saturated rings. The molecule has 1 aromatic carbocycles. The fraction of sp³-hybridized carbons (Fsp3) is 0.650. The van der Waals surface area contributed by atoms with Crippen molar-refractivity contribution in [1.29, 1.82) is 0 Å². The number of benzene rings is 1. The summed E-state index contributed by atoms with van der Waals surface area (Å²) in [6.07, 6.45) is 4.97. The molecule has 0 radical (unpaired) electrons. The number of aryl methyl sites for hydroxylation is 1. The molecule has 3 rings (SSSR count). The molecule has 1 N–H and O–H groups in total. The molecule has 1 aliphatic carbocycles. The van der Waals surface area contributed by atoms with E-state index in [1.807, 2.05) is 0 Å². The molecule has 0 unspecified atom stereocenters. The van der Waals surface area contributed by atoms with Crippen molar-refractivity contribution in [2.75, 3.05) is 37.6 Å². The third-order valence-electron chi connectivity index (χ3n) is 5.65. The van der Waals surface area contributed by atoms with Gasteiger partial charge in [-0.3, -0.25) is 9.69 Å². The van der Waals surface area contributed by atoms with Gasteiger partial charge >= 0.3 is 0 Å². The van der Waals surface area contributed by atoms with E-state index in [0.29, 0.717) is 18.5 Å². The molecule has 2 aliphatic rings. The zero-order valence-corrected chi connectivity index (χ0v) is 15.1. The van der Waals surface area contributed by atoms with Crippen LogP contribution in [0.25, 0.3) is 0 Å². The lowest BCUT2D eigenvalue weighted by molar-refractivity contribution is -0.123. The molecule has 4 nitrogen and oxygen atoms in total. The highest BCUT2D eigenvalue weighted by Gasteiger charge is 2.25. The molecule has 1 amide bonds. The topological polar surface area (TPSA) is 35.6 Å². The third kappa shape index (κ3) is 4.29. The highest BCUT2D eigenvalue weighted by molar-refractivity contribution is 5.78. The number of nitrogens with one attached hydrogen (secondary N) is 1. The number of carbonyl (C=O) groups is 1. The van der Waals surface area contributed by atoms with E-state index >= 15 is 0 Å². The molecule has 0 aromatic heterocycles. The summed E-state index contributed by atoms with van der Waals surface area (Å²) in [5, 5.41) is 3.27. The number of amides is 1. The first-order valence-electron chi connectivity index (χ1n) is 9.46. The van der Waals surface area contributed by atoms with Crippen molar-refractivity contribution in [3.63, 3.8) is 0 Å². The van der Waals surface area contributed by atoms with Crippen molar-refractivity contribution >= 4 is 11.6 Å². The van der Waals surface area contributed by atoms with Gasteiger partial charge in [0.05, 0.1) is 6.54 Å². The van der Waals surface area contributed by atoms with Gasteiger partial charge in [0, 0.05) is 37.9 Å². The second-order valence-electron chi connectivity index (χ2n) is 7.49. The lowest BCUT2D eigenvalue weighted by atomic mass is 9.86. The second-order valence-corrected chi connectivity index (χ2v) is 7.49. The lowest BCUT2D eigenvalue weighted by Gasteiger charge is -2.37. The maximum atomic E-state index is 12.4. The van der Waals surface area contributed by atoms with Crippen LogP contribution in [0.4, 0.5) is 5.69 Å². The molecule has 24 heavy (non-hydrogen) atoms. The molecule has 1 saturated carbocycles. The van der Waals surface area contributed by atoms with Crippen LogP contribution < -0.4 is 10.2 Å². The highest BCUT2D eigenvalue weighted by atomic mass is 16.2. The first-order chi connectivity index (χ1) is 11.6. The summed E-state index contributed by atoms with van der Waals surface area (Å²) in [6.45, 7) is 8.90. The molecule has 132 valence electrons. The van der Waals surface area contributed by atoms with Crippen LogP contribution in [0.5, 0.6) is 0 Å². The summed E-state index contributed by atoms with van der Waals surface area (Å²) < 4.78 is 0. The van der Waals surface area contributed by atoms with Gasteiger partial charge in [-0.25, -0.2) is 0 Å². The Balaban J connectivity index is 1.45. The van der Waals surface area contributed by atoms with Crippen LogP contribution in [0.15, 0.2) is 24.3 Å². The standard InChI is InChI=1S/C20H31N3O/c1-16-7-3-5-9-18(16)21-20(24)15-22-11-13-23(14-12-22)19-10-6-4-8-17(19)2/h4,6,8,10,16,18H,3,5,7,9,11-15H2,1-2H3,(H,21,24)/t16-,18+/m0/s1. The van der Waals surface area contributed by atoms with Crippen LogP contribution in [0.1, 0.15) is 38.2 Å². The Morgan fingerprint density at radius 1 is 1.12 bits per heavy atom. The van der Waals surface area contributed by atoms with Gasteiger partial charge in [-0.05, 0) is 37.3 Å². The number of piperazine rings is 1. The molecule has 1 aromatic rings. The highest BCUT2D eigenvalue weighted by Crippen LogP contribution is 2.24. The first-order valence-corrected chi connectivity index (χ1v) is 9.46. The minimum atomic E-state index is 0.207. The molecular weight excluding hydrogens is 298 g/mol. The zero-order chi connectivity index (χ0) is 16.9. The van der Waals surface area contributed by atoms with Crippen molar-refractivity contribution in [3.8, 4) is 0 Å². The average molecular weight is 329 g/mol. The number of rotatable bonds is 4. The quantitative estimate of drug-likeness (QED) is 0.923. The minimum Gasteiger partial charge on any atom is -0.369 e. The molecule has 1 heterocycles. The fourth-order valence-corrected chi connectivity index (χ4v) is 4.05. The summed E-state index contributed by atoms with van der Waals surface area (Å²) in [4.78, 5) is 17.1. The van der Waals surface area contributed by atoms with Gasteiger partial charge in [0.2, 0.25) is 5.91 Å². The van der Waals surface area contributed by atoms with E-state index in [1.165, 1.54) is 30.5 Å². The van der Waals surface area contributed by atoms with Crippen LogP contribution in [-0.2, 0) is 4.79 Å². The van der Waals surface area contributed by atoms with E-state index in [2.05, 4.69) is 53.2 Å². The SMILES string of the molecule is Cc1ccccc1N1CCN(CC(=O)N[C@@H]2CCCC[C@@H]2C)CC1. The van der Waals surface area contributed by atoms with Crippen LogP contribution >= 0.6 is 0 Å². The van der Waals surface area contributed by atoms with E-state index in [1.54, 1.807) is 0 Å². The fourth-order valence-electron chi connectivity index (χ4n) is 4.05. The van der Waals surface area contributed by atoms with E-state index < -0.39 is 0 Å². The Labute approximate surface area is 146 Å². The number of para-hydroxylation sites is 1. The first kappa shape index (κ1) is 17.3.